The van der Waals surface area contributed by atoms with Crippen LogP contribution in [0.3, 0.4) is 0 Å². The van der Waals surface area contributed by atoms with E-state index in [1.54, 1.807) is 11.9 Å². The summed E-state index contributed by atoms with van der Waals surface area (Å²) in [7, 11) is 1.00. The molecule has 1 aromatic carbocycles. The number of aromatic nitrogens is 1. The molecule has 0 aliphatic heterocycles. The first-order chi connectivity index (χ1) is 8.81. The molecule has 0 amide bonds. The Morgan fingerprint density at radius 3 is 2.50 bits per heavy atom. The first-order valence-electron chi connectivity index (χ1n) is 5.41. The molecule has 4 heteroatoms. The topological polar surface area (TPSA) is 50.8 Å². The van der Waals surface area contributed by atoms with Crippen LogP contribution in [0.15, 0.2) is 47.5 Å². The van der Waals surface area contributed by atoms with Crippen LogP contribution in [0.4, 0.5) is 0 Å². The van der Waals surface area contributed by atoms with Crippen molar-refractivity contribution in [2.24, 2.45) is 0 Å². The van der Waals surface area contributed by atoms with Gasteiger partial charge < -0.3 is 5.11 Å². The molecule has 2 aromatic rings. The fourth-order valence-electron chi connectivity index (χ4n) is 1.41. The van der Waals surface area contributed by atoms with Gasteiger partial charge in [-0.2, -0.15) is 0 Å². The highest BCUT2D eigenvalue weighted by molar-refractivity contribution is 7.97. The lowest BCUT2D eigenvalue weighted by Crippen LogP contribution is -2.32. The van der Waals surface area contributed by atoms with Gasteiger partial charge in [-0.1, -0.05) is 24.8 Å². The van der Waals surface area contributed by atoms with E-state index in [1.807, 2.05) is 36.5 Å². The summed E-state index contributed by atoms with van der Waals surface area (Å²) in [6, 6.07) is 12.2. The van der Waals surface area contributed by atoms with E-state index in [0.29, 0.717) is 0 Å². The van der Waals surface area contributed by atoms with Crippen LogP contribution in [-0.4, -0.2) is 22.4 Å². The molecule has 2 rings (SSSR count). The molecule has 3 N–H and O–H groups in total. The van der Waals surface area contributed by atoms with E-state index >= 15 is 0 Å². The minimum atomic E-state index is 0.977. The average molecular weight is 261 g/mol. The van der Waals surface area contributed by atoms with Crippen LogP contribution < -0.4 is 16.0 Å². The lowest BCUT2D eigenvalue weighted by atomic mass is 10.4. The minimum absolute atomic E-state index is 0.977. The van der Waals surface area contributed by atoms with Crippen molar-refractivity contribution in [3.8, 4) is 0 Å². The van der Waals surface area contributed by atoms with Crippen LogP contribution in [-0.2, 0) is 0 Å². The van der Waals surface area contributed by atoms with Gasteiger partial charge in [-0.3, -0.25) is 9.38 Å². The molecule has 18 heavy (non-hydrogen) atoms. The van der Waals surface area contributed by atoms with Crippen molar-refractivity contribution in [1.29, 1.82) is 0 Å². The quantitative estimate of drug-likeness (QED) is 0.744. The third kappa shape index (κ3) is 3.61. The first kappa shape index (κ1) is 14.3. The second kappa shape index (κ2) is 7.53. The normalized spacial score (nSPS) is 10.7. The Hall–Kier alpha value is -1.78. The van der Waals surface area contributed by atoms with Gasteiger partial charge in [0, 0.05) is 24.3 Å². The maximum Gasteiger partial charge on any atom is 0.162 e. The molecule has 0 spiro atoms. The summed E-state index contributed by atoms with van der Waals surface area (Å²) in [6.45, 7) is 3.96. The molecule has 0 radical (unpaired) electrons. The summed E-state index contributed by atoms with van der Waals surface area (Å²) < 4.78 is 2.06. The second-order valence-corrected chi connectivity index (χ2v) is 4.36. The number of aliphatic hydroxyl groups is 1. The Labute approximate surface area is 111 Å². The zero-order valence-electron chi connectivity index (χ0n) is 10.3. The maximum atomic E-state index is 7.00. The van der Waals surface area contributed by atoms with E-state index < -0.39 is 0 Å². The summed E-state index contributed by atoms with van der Waals surface area (Å²) in [5.41, 5.74) is 0. The summed E-state index contributed by atoms with van der Waals surface area (Å²) in [6.07, 6.45) is 5.39. The lowest BCUT2D eigenvalue weighted by Gasteiger charge is -2.01. The molecule has 0 bridgehead atoms. The first-order valence-corrected chi connectivity index (χ1v) is 6.18. The van der Waals surface area contributed by atoms with Crippen molar-refractivity contribution < 1.29 is 10.5 Å². The number of nitrogens with two attached hydrogens (primary N) is 1. The van der Waals surface area contributed by atoms with Crippen LogP contribution in [0.5, 0.6) is 0 Å². The van der Waals surface area contributed by atoms with E-state index in [9.17, 15) is 0 Å². The van der Waals surface area contributed by atoms with E-state index in [-0.39, 0.29) is 0 Å². The number of aliphatic hydroxyl groups excluding tert-OH is 1. The van der Waals surface area contributed by atoms with Gasteiger partial charge >= 0.3 is 0 Å². The van der Waals surface area contributed by atoms with Crippen molar-refractivity contribution >= 4 is 30.8 Å². The molecule has 0 saturated heterocycles. The van der Waals surface area contributed by atoms with Gasteiger partial charge in [0.15, 0.2) is 6.21 Å². The van der Waals surface area contributed by atoms with Gasteiger partial charge in [0.05, 0.1) is 5.35 Å². The van der Waals surface area contributed by atoms with Gasteiger partial charge in [0.1, 0.15) is 0 Å². The van der Waals surface area contributed by atoms with E-state index in [1.165, 1.54) is 11.1 Å². The summed E-state index contributed by atoms with van der Waals surface area (Å²) in [5, 5.41) is 14.4. The van der Waals surface area contributed by atoms with Crippen LogP contribution in [0.1, 0.15) is 0 Å². The van der Waals surface area contributed by atoms with Gasteiger partial charge in [-0.05, 0) is 35.4 Å². The number of nitrogens with zero attached hydrogens (tertiary/aromatic N) is 1. The van der Waals surface area contributed by atoms with Crippen molar-refractivity contribution in [2.75, 3.05) is 7.11 Å². The largest absolute Gasteiger partial charge is 0.400 e. The third-order valence-electron chi connectivity index (χ3n) is 2.18. The maximum absolute atomic E-state index is 7.00. The van der Waals surface area contributed by atoms with E-state index in [0.717, 1.165) is 17.7 Å². The highest BCUT2D eigenvalue weighted by atomic mass is 32.2. The predicted molar refractivity (Wildman–Crippen MR) is 77.5 cm³/mol. The van der Waals surface area contributed by atoms with Gasteiger partial charge in [-0.15, -0.1) is 0 Å². The van der Waals surface area contributed by atoms with Crippen LogP contribution in [0.25, 0.3) is 12.7 Å². The Balaban J connectivity index is 0.000000771. The summed E-state index contributed by atoms with van der Waals surface area (Å²) in [5.74, 6) is 0. The van der Waals surface area contributed by atoms with Gasteiger partial charge in [0.2, 0.25) is 0 Å². The summed E-state index contributed by atoms with van der Waals surface area (Å²) >= 11 is 1.64. The SMILES string of the molecule is C=c1ccn(Sc2ccccc2)/c1=C/C=[NH2+].CO. The summed E-state index contributed by atoms with van der Waals surface area (Å²) in [4.78, 5) is 1.18. The van der Waals surface area contributed by atoms with E-state index in [2.05, 4.69) is 22.7 Å². The fourth-order valence-corrected chi connectivity index (χ4v) is 2.32. The molecular weight excluding hydrogens is 244 g/mol. The molecule has 0 aliphatic rings. The zero-order valence-corrected chi connectivity index (χ0v) is 11.1. The van der Waals surface area contributed by atoms with Crippen molar-refractivity contribution in [3.63, 3.8) is 0 Å². The second-order valence-electron chi connectivity index (χ2n) is 3.32. The average Bonchev–Trinajstić information content (AvgIpc) is 2.76. The van der Waals surface area contributed by atoms with Crippen LogP contribution >= 0.6 is 11.9 Å². The Morgan fingerprint density at radius 1 is 1.22 bits per heavy atom. The van der Waals surface area contributed by atoms with E-state index in [4.69, 9.17) is 10.5 Å². The van der Waals surface area contributed by atoms with Crippen LogP contribution in [0.2, 0.25) is 0 Å². The molecule has 0 aliphatic carbocycles. The van der Waals surface area contributed by atoms with Crippen molar-refractivity contribution in [1.82, 2.24) is 3.97 Å². The van der Waals surface area contributed by atoms with Crippen LogP contribution in [0, 0.1) is 0 Å². The zero-order chi connectivity index (χ0) is 13.4. The highest BCUT2D eigenvalue weighted by Gasteiger charge is 1.97. The van der Waals surface area contributed by atoms with Crippen molar-refractivity contribution in [2.45, 2.75) is 4.90 Å². The predicted octanol–water partition coefficient (Wildman–Crippen LogP) is -0.327. The van der Waals surface area contributed by atoms with Gasteiger partial charge in [-0.25, -0.2) is 0 Å². The minimum Gasteiger partial charge on any atom is -0.400 e. The number of rotatable bonds is 3. The molecule has 1 heterocycles. The molecule has 0 atom stereocenters. The smallest absolute Gasteiger partial charge is 0.162 e. The number of benzene rings is 1. The lowest BCUT2D eigenvalue weighted by molar-refractivity contribution is -0.103. The molecule has 94 valence electrons. The Bertz CT molecular complexity index is 590. The standard InChI is InChI=1S/C13H12N2S.CH4O/c1-11-8-10-15(13(11)7-9-14)16-12-5-3-2-4-6-12;1-2/h2-10,14H,1H2;2H,1H3/p+1/b13-7+,14-9?;. The monoisotopic (exact) mass is 261 g/mol. The highest BCUT2D eigenvalue weighted by Crippen LogP contribution is 2.16. The molecule has 3 nitrogen and oxygen atoms in total. The fraction of sp³-hybridized carbons (Fsp3) is 0.0714. The van der Waals surface area contributed by atoms with Crippen molar-refractivity contribution in [3.05, 3.63) is 53.2 Å². The molecule has 1 aromatic heterocycles. The number of hydrogen-bond donors (Lipinski definition) is 2. The molecule has 0 saturated carbocycles. The number of hydrogen-bond acceptors (Lipinski definition) is 2. The van der Waals surface area contributed by atoms with Gasteiger partial charge in [0.25, 0.3) is 0 Å². The molecule has 0 unspecified atom stereocenters. The Kier molecular flexibility index (Phi) is 5.97. The molecule has 0 fully saturated rings. The third-order valence-corrected chi connectivity index (χ3v) is 3.18. The molecular formula is C14H17N2OS+. The Morgan fingerprint density at radius 2 is 1.89 bits per heavy atom.